The van der Waals surface area contributed by atoms with E-state index in [1.54, 1.807) is 6.21 Å². The maximum atomic E-state index is 6.03. The zero-order chi connectivity index (χ0) is 12.8. The van der Waals surface area contributed by atoms with Gasteiger partial charge in [0.05, 0.1) is 16.6 Å². The van der Waals surface area contributed by atoms with Crippen molar-refractivity contribution in [3.8, 4) is 0 Å². The van der Waals surface area contributed by atoms with Crippen LogP contribution in [-0.2, 0) is 9.47 Å². The molecule has 2 rings (SSSR count). The molecule has 1 aliphatic carbocycles. The van der Waals surface area contributed by atoms with E-state index in [0.717, 1.165) is 36.8 Å². The van der Waals surface area contributed by atoms with Gasteiger partial charge in [-0.2, -0.15) is 0 Å². The summed E-state index contributed by atoms with van der Waals surface area (Å²) < 4.78 is 12.5. The van der Waals surface area contributed by atoms with E-state index in [-0.39, 0.29) is 18.4 Å². The van der Waals surface area contributed by atoms with Crippen LogP contribution in [0, 0.1) is 0 Å². The smallest absolute Gasteiger partial charge is 0.158 e. The van der Waals surface area contributed by atoms with Crippen LogP contribution in [0.15, 0.2) is 15.7 Å². The molecule has 0 amide bonds. The molecule has 2 N–H and O–H groups in total. The first-order valence-electron chi connectivity index (χ1n) is 6.67. The zero-order valence-corrected chi connectivity index (χ0v) is 12.1. The third kappa shape index (κ3) is 4.07. The molecule has 1 saturated heterocycles. The molecule has 3 unspecified atom stereocenters. The summed E-state index contributed by atoms with van der Waals surface area (Å²) in [6.45, 7) is 0.826. The van der Waals surface area contributed by atoms with Gasteiger partial charge >= 0.3 is 0 Å². The number of allylic oxidation sites excluding steroid dienone is 1. The van der Waals surface area contributed by atoms with Crippen molar-refractivity contribution in [2.24, 2.45) is 10.7 Å². The van der Waals surface area contributed by atoms with Crippen LogP contribution in [0.3, 0.4) is 0 Å². The highest BCUT2D eigenvalue weighted by Gasteiger charge is 2.30. The fourth-order valence-corrected chi connectivity index (χ4v) is 2.58. The van der Waals surface area contributed by atoms with Gasteiger partial charge in [-0.25, -0.2) is 0 Å². The number of halogens is 1. The minimum absolute atomic E-state index is 0.0203. The van der Waals surface area contributed by atoms with E-state index in [1.807, 2.05) is 0 Å². The molecule has 1 saturated carbocycles. The fraction of sp³-hybridized carbons (Fsp3) is 0.769. The Morgan fingerprint density at radius 3 is 2.89 bits per heavy atom. The van der Waals surface area contributed by atoms with Gasteiger partial charge in [0.1, 0.15) is 0 Å². The molecular formula is C13H21BrN2O2. The highest BCUT2D eigenvalue weighted by atomic mass is 79.9. The Morgan fingerprint density at radius 2 is 2.17 bits per heavy atom. The average molecular weight is 317 g/mol. The minimum atomic E-state index is -0.0203. The number of nitrogens with two attached hydrogens (primary N) is 1. The van der Waals surface area contributed by atoms with Gasteiger partial charge < -0.3 is 15.2 Å². The lowest BCUT2D eigenvalue weighted by Crippen LogP contribution is -2.31. The molecule has 2 aliphatic rings. The van der Waals surface area contributed by atoms with Crippen molar-refractivity contribution in [2.75, 3.05) is 6.61 Å². The van der Waals surface area contributed by atoms with Crippen molar-refractivity contribution in [1.29, 1.82) is 0 Å². The molecule has 0 bridgehead atoms. The van der Waals surface area contributed by atoms with Crippen LogP contribution in [0.25, 0.3) is 0 Å². The number of aliphatic imine (C=N–C) groups is 1. The first kappa shape index (κ1) is 14.0. The van der Waals surface area contributed by atoms with Crippen molar-refractivity contribution in [2.45, 2.75) is 57.0 Å². The second-order valence-corrected chi connectivity index (χ2v) is 5.71. The van der Waals surface area contributed by atoms with E-state index in [0.29, 0.717) is 0 Å². The topological polar surface area (TPSA) is 56.8 Å². The number of rotatable bonds is 4. The molecule has 5 heteroatoms. The van der Waals surface area contributed by atoms with E-state index in [1.165, 1.54) is 19.0 Å². The van der Waals surface area contributed by atoms with E-state index in [9.17, 15) is 0 Å². The number of ether oxygens (including phenoxy) is 2. The van der Waals surface area contributed by atoms with Crippen LogP contribution in [-0.4, -0.2) is 31.3 Å². The summed E-state index contributed by atoms with van der Waals surface area (Å²) in [6.07, 6.45) is 10.1. The summed E-state index contributed by atoms with van der Waals surface area (Å²) in [5.74, 6) is 0. The quantitative estimate of drug-likeness (QED) is 0.811. The lowest BCUT2D eigenvalue weighted by molar-refractivity contribution is -0.188. The van der Waals surface area contributed by atoms with Gasteiger partial charge in [-0.05, 0) is 54.5 Å². The zero-order valence-electron chi connectivity index (χ0n) is 10.6. The Labute approximate surface area is 117 Å². The van der Waals surface area contributed by atoms with Gasteiger partial charge in [-0.3, -0.25) is 4.99 Å². The molecule has 0 aromatic rings. The summed E-state index contributed by atoms with van der Waals surface area (Å²) in [6, 6.07) is 0.239. The Balaban J connectivity index is 1.84. The molecule has 1 aliphatic heterocycles. The highest BCUT2D eigenvalue weighted by molar-refractivity contribution is 9.12. The fourth-order valence-electron chi connectivity index (χ4n) is 2.46. The number of nitrogens with zero attached hydrogens (tertiary/aromatic N) is 1. The van der Waals surface area contributed by atoms with Crippen LogP contribution in [0.4, 0.5) is 0 Å². The maximum Gasteiger partial charge on any atom is 0.158 e. The Morgan fingerprint density at radius 1 is 1.28 bits per heavy atom. The molecule has 1 heterocycles. The lowest BCUT2D eigenvalue weighted by Gasteiger charge is -2.27. The molecule has 0 radical (unpaired) electrons. The first-order chi connectivity index (χ1) is 8.79. The maximum absolute atomic E-state index is 6.03. The lowest BCUT2D eigenvalue weighted by atomic mass is 10.2. The molecule has 2 fully saturated rings. The van der Waals surface area contributed by atoms with E-state index >= 15 is 0 Å². The minimum Gasteiger partial charge on any atom is -0.404 e. The molecule has 18 heavy (non-hydrogen) atoms. The summed E-state index contributed by atoms with van der Waals surface area (Å²) in [4.78, 5) is 4.54. The van der Waals surface area contributed by atoms with Crippen LogP contribution in [0.2, 0.25) is 0 Å². The van der Waals surface area contributed by atoms with E-state index < -0.39 is 0 Å². The van der Waals surface area contributed by atoms with Gasteiger partial charge in [0, 0.05) is 19.0 Å². The normalized spacial score (nSPS) is 34.3. The predicted molar refractivity (Wildman–Crippen MR) is 75.8 cm³/mol. The third-order valence-corrected chi connectivity index (χ3v) is 3.90. The van der Waals surface area contributed by atoms with Crippen LogP contribution in [0.5, 0.6) is 0 Å². The van der Waals surface area contributed by atoms with Gasteiger partial charge in [0.2, 0.25) is 0 Å². The van der Waals surface area contributed by atoms with Crippen molar-refractivity contribution >= 4 is 22.1 Å². The second kappa shape index (κ2) is 7.26. The van der Waals surface area contributed by atoms with E-state index in [2.05, 4.69) is 20.9 Å². The molecule has 4 nitrogen and oxygen atoms in total. The van der Waals surface area contributed by atoms with E-state index in [4.69, 9.17) is 15.2 Å². The third-order valence-electron chi connectivity index (χ3n) is 3.43. The number of hydrogen-bond acceptors (Lipinski definition) is 4. The van der Waals surface area contributed by atoms with Crippen molar-refractivity contribution in [3.63, 3.8) is 0 Å². The summed E-state index contributed by atoms with van der Waals surface area (Å²) in [7, 11) is 0. The van der Waals surface area contributed by atoms with Crippen LogP contribution < -0.4 is 5.73 Å². The van der Waals surface area contributed by atoms with Crippen molar-refractivity contribution in [1.82, 2.24) is 0 Å². The Kier molecular flexibility index (Phi) is 5.66. The summed E-state index contributed by atoms with van der Waals surface area (Å²) >= 11 is 3.32. The summed E-state index contributed by atoms with van der Waals surface area (Å²) in [5.41, 5.74) is 5.39. The average Bonchev–Trinajstić information content (AvgIpc) is 2.84. The molecule has 3 atom stereocenters. The molecule has 0 spiro atoms. The van der Waals surface area contributed by atoms with Crippen LogP contribution in [0.1, 0.15) is 38.5 Å². The standard InChI is InChI=1S/C13H21BrN2O2/c14-10(8-15)9-16-11-4-3-5-12(11)18-13-6-1-2-7-17-13/h8-9,11-13H,1-7,15H2. The van der Waals surface area contributed by atoms with Crippen molar-refractivity contribution in [3.05, 3.63) is 10.7 Å². The number of hydrogen-bond donors (Lipinski definition) is 1. The Hall–Kier alpha value is -0.390. The van der Waals surface area contributed by atoms with Crippen molar-refractivity contribution < 1.29 is 9.47 Å². The Bertz CT molecular complexity index is 314. The van der Waals surface area contributed by atoms with Gasteiger partial charge in [-0.15, -0.1) is 0 Å². The van der Waals surface area contributed by atoms with Crippen LogP contribution >= 0.6 is 15.9 Å². The largest absolute Gasteiger partial charge is 0.404 e. The van der Waals surface area contributed by atoms with Gasteiger partial charge in [-0.1, -0.05) is 0 Å². The molecule has 0 aromatic heterocycles. The second-order valence-electron chi connectivity index (χ2n) is 4.80. The SMILES string of the molecule is NC=C(Br)C=NC1CCCC1OC1CCCCO1. The van der Waals surface area contributed by atoms with Gasteiger partial charge in [0.25, 0.3) is 0 Å². The molecule has 0 aromatic carbocycles. The molecule has 102 valence electrons. The predicted octanol–water partition coefficient (Wildman–Crippen LogP) is 2.72. The summed E-state index contributed by atoms with van der Waals surface area (Å²) in [5, 5.41) is 0. The highest BCUT2D eigenvalue weighted by Crippen LogP contribution is 2.28. The molecular weight excluding hydrogens is 296 g/mol. The van der Waals surface area contributed by atoms with Gasteiger partial charge in [0.15, 0.2) is 6.29 Å². The monoisotopic (exact) mass is 316 g/mol. The first-order valence-corrected chi connectivity index (χ1v) is 7.46.